The fraction of sp³-hybridized carbons (Fsp3) is 0.167. The molecular formula is C6H2BrF4NO2. The molecule has 1 rings (SSSR count). The van der Waals surface area contributed by atoms with E-state index >= 15 is 0 Å². The van der Waals surface area contributed by atoms with Crippen LogP contribution in [0.3, 0.4) is 0 Å². The third-order valence-corrected chi connectivity index (χ3v) is 1.73. The monoisotopic (exact) mass is 275 g/mol. The second-order valence-electron chi connectivity index (χ2n) is 2.17. The highest BCUT2D eigenvalue weighted by Gasteiger charge is 2.32. The first-order chi connectivity index (χ1) is 6.29. The van der Waals surface area contributed by atoms with Crippen LogP contribution in [0, 0.1) is 5.82 Å². The zero-order valence-corrected chi connectivity index (χ0v) is 7.87. The van der Waals surface area contributed by atoms with Crippen LogP contribution in [0.25, 0.3) is 0 Å². The molecule has 0 spiro atoms. The summed E-state index contributed by atoms with van der Waals surface area (Å²) in [7, 11) is 0. The SMILES string of the molecule is O=c1[nH]c(Br)c(OC(F)(F)F)cc1F. The number of alkyl halides is 3. The lowest BCUT2D eigenvalue weighted by atomic mass is 10.4. The Morgan fingerprint density at radius 2 is 2.00 bits per heavy atom. The molecule has 0 aliphatic carbocycles. The van der Waals surface area contributed by atoms with E-state index in [1.54, 1.807) is 4.98 Å². The lowest BCUT2D eigenvalue weighted by molar-refractivity contribution is -0.275. The second kappa shape index (κ2) is 3.60. The number of H-pyrrole nitrogens is 1. The van der Waals surface area contributed by atoms with Gasteiger partial charge >= 0.3 is 6.36 Å². The van der Waals surface area contributed by atoms with Crippen molar-refractivity contribution < 1.29 is 22.3 Å². The van der Waals surface area contributed by atoms with E-state index in [1.807, 2.05) is 0 Å². The minimum atomic E-state index is -4.94. The van der Waals surface area contributed by atoms with Gasteiger partial charge < -0.3 is 9.72 Å². The van der Waals surface area contributed by atoms with Gasteiger partial charge in [-0.05, 0) is 15.9 Å². The van der Waals surface area contributed by atoms with Crippen molar-refractivity contribution in [3.8, 4) is 5.75 Å². The number of aromatic nitrogens is 1. The predicted molar refractivity (Wildman–Crippen MR) is 41.4 cm³/mol. The quantitative estimate of drug-likeness (QED) is 0.631. The summed E-state index contributed by atoms with van der Waals surface area (Å²) in [5.74, 6) is -2.19. The number of nitrogens with one attached hydrogen (secondary N) is 1. The largest absolute Gasteiger partial charge is 0.573 e. The smallest absolute Gasteiger partial charge is 0.403 e. The maximum atomic E-state index is 12.5. The minimum Gasteiger partial charge on any atom is -0.403 e. The van der Waals surface area contributed by atoms with Gasteiger partial charge in [-0.15, -0.1) is 13.2 Å². The molecule has 14 heavy (non-hydrogen) atoms. The number of ether oxygens (including phenoxy) is 1. The van der Waals surface area contributed by atoms with Crippen molar-refractivity contribution in [2.45, 2.75) is 6.36 Å². The van der Waals surface area contributed by atoms with Gasteiger partial charge in [0, 0.05) is 6.07 Å². The summed E-state index contributed by atoms with van der Waals surface area (Å²) < 4.78 is 50.6. The first-order valence-electron chi connectivity index (χ1n) is 3.13. The van der Waals surface area contributed by atoms with E-state index in [1.165, 1.54) is 0 Å². The van der Waals surface area contributed by atoms with E-state index in [0.29, 0.717) is 6.07 Å². The van der Waals surface area contributed by atoms with Gasteiger partial charge in [-0.1, -0.05) is 0 Å². The van der Waals surface area contributed by atoms with Crippen molar-refractivity contribution in [3.05, 3.63) is 26.8 Å². The normalized spacial score (nSPS) is 11.5. The average molecular weight is 276 g/mol. The zero-order chi connectivity index (χ0) is 10.9. The highest BCUT2D eigenvalue weighted by atomic mass is 79.9. The molecule has 0 radical (unpaired) electrons. The van der Waals surface area contributed by atoms with Crippen LogP contribution in [-0.2, 0) is 0 Å². The topological polar surface area (TPSA) is 42.1 Å². The zero-order valence-electron chi connectivity index (χ0n) is 6.28. The van der Waals surface area contributed by atoms with Gasteiger partial charge in [0.1, 0.15) is 4.60 Å². The van der Waals surface area contributed by atoms with Crippen molar-refractivity contribution in [1.29, 1.82) is 0 Å². The fourth-order valence-corrected chi connectivity index (χ4v) is 1.04. The van der Waals surface area contributed by atoms with E-state index < -0.39 is 23.5 Å². The van der Waals surface area contributed by atoms with Gasteiger partial charge in [0.15, 0.2) is 11.6 Å². The Labute approximate surface area is 82.8 Å². The Hall–Kier alpha value is -1.05. The lowest BCUT2D eigenvalue weighted by Crippen LogP contribution is -2.20. The number of rotatable bonds is 1. The van der Waals surface area contributed by atoms with Crippen LogP contribution in [-0.4, -0.2) is 11.3 Å². The molecule has 0 saturated heterocycles. The molecule has 0 aliphatic heterocycles. The standard InChI is InChI=1S/C6H2BrF4NO2/c7-4-3(14-6(9,10)11)1-2(8)5(13)12-4/h1H,(H,12,13). The summed E-state index contributed by atoms with van der Waals surface area (Å²) >= 11 is 2.59. The van der Waals surface area contributed by atoms with E-state index in [9.17, 15) is 22.4 Å². The molecule has 0 fully saturated rings. The molecule has 78 valence electrons. The summed E-state index contributed by atoms with van der Waals surface area (Å²) in [6, 6.07) is 0.344. The first kappa shape index (κ1) is 11.0. The maximum absolute atomic E-state index is 12.5. The highest BCUT2D eigenvalue weighted by Crippen LogP contribution is 2.27. The van der Waals surface area contributed by atoms with Crippen molar-refractivity contribution in [2.75, 3.05) is 0 Å². The number of hydrogen-bond acceptors (Lipinski definition) is 2. The lowest BCUT2D eigenvalue weighted by Gasteiger charge is -2.09. The molecule has 0 amide bonds. The molecule has 0 aliphatic rings. The molecule has 1 heterocycles. The Balaban J connectivity index is 3.11. The van der Waals surface area contributed by atoms with Gasteiger partial charge in [0.05, 0.1) is 0 Å². The number of aromatic amines is 1. The van der Waals surface area contributed by atoms with Crippen LogP contribution < -0.4 is 10.3 Å². The van der Waals surface area contributed by atoms with Gasteiger partial charge in [0.25, 0.3) is 5.56 Å². The third kappa shape index (κ3) is 2.72. The summed E-state index contributed by atoms with van der Waals surface area (Å²) in [6.07, 6.45) is -4.94. The molecule has 0 atom stereocenters. The highest BCUT2D eigenvalue weighted by molar-refractivity contribution is 9.10. The number of hydrogen-bond donors (Lipinski definition) is 1. The van der Waals surface area contributed by atoms with Crippen molar-refractivity contribution in [2.24, 2.45) is 0 Å². The summed E-state index contributed by atoms with van der Waals surface area (Å²) in [5.41, 5.74) is -1.13. The van der Waals surface area contributed by atoms with Gasteiger partial charge in [-0.25, -0.2) is 4.39 Å². The third-order valence-electron chi connectivity index (χ3n) is 1.14. The molecule has 0 bridgehead atoms. The molecular weight excluding hydrogens is 274 g/mol. The van der Waals surface area contributed by atoms with Gasteiger partial charge in [-0.2, -0.15) is 0 Å². The van der Waals surface area contributed by atoms with Crippen LogP contribution in [0.5, 0.6) is 5.75 Å². The second-order valence-corrected chi connectivity index (χ2v) is 2.97. The summed E-state index contributed by atoms with van der Waals surface area (Å²) in [6.45, 7) is 0. The van der Waals surface area contributed by atoms with Crippen LogP contribution in [0.2, 0.25) is 0 Å². The molecule has 1 aromatic heterocycles. The first-order valence-corrected chi connectivity index (χ1v) is 3.93. The van der Waals surface area contributed by atoms with E-state index in [0.717, 1.165) is 0 Å². The van der Waals surface area contributed by atoms with Gasteiger partial charge in [-0.3, -0.25) is 4.79 Å². The Kier molecular flexibility index (Phi) is 2.84. The molecule has 1 aromatic rings. The van der Waals surface area contributed by atoms with Gasteiger partial charge in [0.2, 0.25) is 0 Å². The Bertz CT molecular complexity index is 400. The van der Waals surface area contributed by atoms with E-state index in [2.05, 4.69) is 20.7 Å². The van der Waals surface area contributed by atoms with Crippen molar-refractivity contribution in [3.63, 3.8) is 0 Å². The van der Waals surface area contributed by atoms with E-state index in [-0.39, 0.29) is 4.60 Å². The number of pyridine rings is 1. The molecule has 0 unspecified atom stereocenters. The molecule has 0 aromatic carbocycles. The molecule has 1 N–H and O–H groups in total. The maximum Gasteiger partial charge on any atom is 0.573 e. The molecule has 0 saturated carbocycles. The predicted octanol–water partition coefficient (Wildman–Crippen LogP) is 2.18. The Morgan fingerprint density at radius 3 is 2.50 bits per heavy atom. The fourth-order valence-electron chi connectivity index (χ4n) is 0.664. The van der Waals surface area contributed by atoms with E-state index in [4.69, 9.17) is 0 Å². The van der Waals surface area contributed by atoms with Crippen molar-refractivity contribution >= 4 is 15.9 Å². The van der Waals surface area contributed by atoms with Crippen LogP contribution in [0.4, 0.5) is 17.6 Å². The molecule has 3 nitrogen and oxygen atoms in total. The summed E-state index contributed by atoms with van der Waals surface area (Å²) in [4.78, 5) is 12.4. The number of halogens is 5. The van der Waals surface area contributed by atoms with Crippen molar-refractivity contribution in [1.82, 2.24) is 4.98 Å². The molecule has 8 heteroatoms. The Morgan fingerprint density at radius 1 is 1.43 bits per heavy atom. The van der Waals surface area contributed by atoms with Crippen LogP contribution >= 0.6 is 15.9 Å². The van der Waals surface area contributed by atoms with Crippen LogP contribution in [0.15, 0.2) is 15.5 Å². The minimum absolute atomic E-state index is 0.344. The average Bonchev–Trinajstić information content (AvgIpc) is 1.97. The van der Waals surface area contributed by atoms with Crippen LogP contribution in [0.1, 0.15) is 0 Å². The summed E-state index contributed by atoms with van der Waals surface area (Å²) in [5, 5.41) is 0.